The summed E-state index contributed by atoms with van der Waals surface area (Å²) in [7, 11) is 1.71. The number of amides is 2. The molecule has 2 rings (SSSR count). The number of hydrogen-bond acceptors (Lipinski definition) is 5. The summed E-state index contributed by atoms with van der Waals surface area (Å²) in [6, 6.07) is -0.114. The topological polar surface area (TPSA) is 74.5 Å². The van der Waals surface area contributed by atoms with Crippen LogP contribution in [0.3, 0.4) is 0 Å². The minimum atomic E-state index is -0.114. The van der Waals surface area contributed by atoms with Crippen molar-refractivity contribution in [3.05, 3.63) is 24.9 Å². The lowest BCUT2D eigenvalue weighted by atomic mass is 10.1. The number of hydrogen-bond donors (Lipinski definition) is 1. The van der Waals surface area contributed by atoms with Crippen LogP contribution in [-0.4, -0.2) is 59.2 Å². The number of likely N-dealkylation sites (tertiary alicyclic amines) is 1. The molecule has 1 atom stereocenters. The summed E-state index contributed by atoms with van der Waals surface area (Å²) in [5.41, 5.74) is 0. The van der Waals surface area contributed by atoms with E-state index in [0.29, 0.717) is 24.8 Å². The van der Waals surface area contributed by atoms with Crippen molar-refractivity contribution in [1.82, 2.24) is 25.3 Å². The van der Waals surface area contributed by atoms with E-state index in [2.05, 4.69) is 31.5 Å². The first kappa shape index (κ1) is 14.5. The number of rotatable bonds is 6. The van der Waals surface area contributed by atoms with Gasteiger partial charge in [-0.15, -0.1) is 6.58 Å². The molecule has 0 aromatic carbocycles. The molecular formula is C13H21N5O2. The van der Waals surface area contributed by atoms with Crippen LogP contribution in [0, 0.1) is 5.92 Å². The Morgan fingerprint density at radius 3 is 3.30 bits per heavy atom. The van der Waals surface area contributed by atoms with Crippen molar-refractivity contribution >= 4 is 6.03 Å². The molecular weight excluding hydrogens is 258 g/mol. The van der Waals surface area contributed by atoms with Gasteiger partial charge in [0.1, 0.15) is 0 Å². The molecule has 2 heterocycles. The molecule has 1 aliphatic rings. The molecule has 0 saturated carbocycles. The Bertz CT molecular complexity index is 434. The third-order valence-electron chi connectivity index (χ3n) is 3.43. The van der Waals surface area contributed by atoms with Gasteiger partial charge in [-0.3, -0.25) is 4.90 Å². The third-order valence-corrected chi connectivity index (χ3v) is 3.43. The fourth-order valence-corrected chi connectivity index (χ4v) is 2.34. The minimum absolute atomic E-state index is 0.114. The first-order chi connectivity index (χ1) is 9.69. The molecule has 7 heteroatoms. The second-order valence-corrected chi connectivity index (χ2v) is 5.09. The Labute approximate surface area is 118 Å². The Kier molecular flexibility index (Phi) is 5.11. The van der Waals surface area contributed by atoms with Gasteiger partial charge < -0.3 is 14.7 Å². The van der Waals surface area contributed by atoms with Crippen LogP contribution in [0.2, 0.25) is 0 Å². The zero-order valence-electron chi connectivity index (χ0n) is 11.8. The smallest absolute Gasteiger partial charge is 0.317 e. The number of nitrogens with one attached hydrogen (secondary N) is 1. The van der Waals surface area contributed by atoms with Gasteiger partial charge in [0.05, 0.1) is 6.54 Å². The molecule has 1 aromatic rings. The Hall–Kier alpha value is -1.89. The molecule has 0 radical (unpaired) electrons. The molecule has 1 saturated heterocycles. The van der Waals surface area contributed by atoms with Gasteiger partial charge in [0.25, 0.3) is 0 Å². The minimum Gasteiger partial charge on any atom is -0.343 e. The van der Waals surface area contributed by atoms with Gasteiger partial charge in [-0.05, 0) is 18.9 Å². The molecule has 110 valence electrons. The number of carbonyl (C=O) groups excluding carboxylic acids is 1. The van der Waals surface area contributed by atoms with E-state index in [9.17, 15) is 4.79 Å². The normalized spacial score (nSPS) is 18.9. The summed E-state index contributed by atoms with van der Waals surface area (Å²) in [4.78, 5) is 19.7. The van der Waals surface area contributed by atoms with Gasteiger partial charge in [0.2, 0.25) is 6.39 Å². The number of carbonyl (C=O) groups is 1. The van der Waals surface area contributed by atoms with E-state index in [1.165, 1.54) is 6.39 Å². The van der Waals surface area contributed by atoms with Gasteiger partial charge >= 0.3 is 6.03 Å². The largest absolute Gasteiger partial charge is 0.343 e. The van der Waals surface area contributed by atoms with E-state index in [1.807, 2.05) is 6.08 Å². The standard InChI is InChI=1S/C13H21N5O2/c1-3-5-18-6-4-11(8-18)7-14-13(19)17(2)9-12-15-10-20-16-12/h3,10-11H,1,4-9H2,2H3,(H,14,19). The first-order valence-corrected chi connectivity index (χ1v) is 6.76. The molecule has 1 aliphatic heterocycles. The SMILES string of the molecule is C=CCN1CCC(CNC(=O)N(C)Cc2ncon2)C1. The molecule has 2 amide bonds. The zero-order chi connectivity index (χ0) is 14.4. The van der Waals surface area contributed by atoms with E-state index in [0.717, 1.165) is 26.1 Å². The van der Waals surface area contributed by atoms with E-state index in [4.69, 9.17) is 0 Å². The highest BCUT2D eigenvalue weighted by atomic mass is 16.5. The van der Waals surface area contributed by atoms with Crippen molar-refractivity contribution in [2.75, 3.05) is 33.2 Å². The van der Waals surface area contributed by atoms with Crippen molar-refractivity contribution < 1.29 is 9.32 Å². The Balaban J connectivity index is 1.68. The van der Waals surface area contributed by atoms with Crippen LogP contribution in [0.5, 0.6) is 0 Å². The monoisotopic (exact) mass is 279 g/mol. The molecule has 0 aliphatic carbocycles. The predicted molar refractivity (Wildman–Crippen MR) is 73.9 cm³/mol. The molecule has 1 unspecified atom stereocenters. The average Bonchev–Trinajstić information content (AvgIpc) is 3.08. The first-order valence-electron chi connectivity index (χ1n) is 6.76. The molecule has 1 aromatic heterocycles. The summed E-state index contributed by atoms with van der Waals surface area (Å²) in [6.45, 7) is 7.79. The quantitative estimate of drug-likeness (QED) is 0.777. The highest BCUT2D eigenvalue weighted by molar-refractivity contribution is 5.73. The van der Waals surface area contributed by atoms with Crippen LogP contribution < -0.4 is 5.32 Å². The maximum atomic E-state index is 11.9. The Morgan fingerprint density at radius 2 is 2.60 bits per heavy atom. The lowest BCUT2D eigenvalue weighted by Crippen LogP contribution is -2.39. The van der Waals surface area contributed by atoms with Crippen molar-refractivity contribution in [2.24, 2.45) is 5.92 Å². The van der Waals surface area contributed by atoms with Crippen LogP contribution in [0.1, 0.15) is 12.2 Å². The van der Waals surface area contributed by atoms with Crippen LogP contribution in [-0.2, 0) is 6.54 Å². The van der Waals surface area contributed by atoms with Crippen molar-refractivity contribution in [3.8, 4) is 0 Å². The summed E-state index contributed by atoms with van der Waals surface area (Å²) < 4.78 is 4.64. The summed E-state index contributed by atoms with van der Waals surface area (Å²) in [5, 5.41) is 6.63. The van der Waals surface area contributed by atoms with Gasteiger partial charge in [0, 0.05) is 26.7 Å². The maximum Gasteiger partial charge on any atom is 0.317 e. The fraction of sp³-hybridized carbons (Fsp3) is 0.615. The highest BCUT2D eigenvalue weighted by Gasteiger charge is 2.22. The number of aromatic nitrogens is 2. The highest BCUT2D eigenvalue weighted by Crippen LogP contribution is 2.14. The molecule has 0 bridgehead atoms. The fourth-order valence-electron chi connectivity index (χ4n) is 2.34. The van der Waals surface area contributed by atoms with Crippen LogP contribution in [0.15, 0.2) is 23.6 Å². The molecule has 0 spiro atoms. The van der Waals surface area contributed by atoms with Crippen LogP contribution >= 0.6 is 0 Å². The summed E-state index contributed by atoms with van der Waals surface area (Å²) in [5.74, 6) is 1.01. The van der Waals surface area contributed by atoms with E-state index in [1.54, 1.807) is 11.9 Å². The maximum absolute atomic E-state index is 11.9. The second kappa shape index (κ2) is 7.04. The van der Waals surface area contributed by atoms with Crippen LogP contribution in [0.4, 0.5) is 4.79 Å². The van der Waals surface area contributed by atoms with E-state index >= 15 is 0 Å². The second-order valence-electron chi connectivity index (χ2n) is 5.09. The third kappa shape index (κ3) is 4.06. The van der Waals surface area contributed by atoms with Gasteiger partial charge in [-0.25, -0.2) is 4.79 Å². The lowest BCUT2D eigenvalue weighted by molar-refractivity contribution is 0.203. The molecule has 1 N–H and O–H groups in total. The van der Waals surface area contributed by atoms with E-state index in [-0.39, 0.29) is 6.03 Å². The van der Waals surface area contributed by atoms with Gasteiger partial charge in [0.15, 0.2) is 5.82 Å². The average molecular weight is 279 g/mol. The molecule has 7 nitrogen and oxygen atoms in total. The van der Waals surface area contributed by atoms with Gasteiger partial charge in [-0.2, -0.15) is 4.98 Å². The summed E-state index contributed by atoms with van der Waals surface area (Å²) in [6.07, 6.45) is 4.29. The number of urea groups is 1. The van der Waals surface area contributed by atoms with Crippen molar-refractivity contribution in [3.63, 3.8) is 0 Å². The zero-order valence-corrected chi connectivity index (χ0v) is 11.8. The number of nitrogens with zero attached hydrogens (tertiary/aromatic N) is 4. The van der Waals surface area contributed by atoms with Gasteiger partial charge in [-0.1, -0.05) is 11.2 Å². The lowest BCUT2D eigenvalue weighted by Gasteiger charge is -2.18. The molecule has 1 fully saturated rings. The Morgan fingerprint density at radius 1 is 1.75 bits per heavy atom. The molecule has 20 heavy (non-hydrogen) atoms. The van der Waals surface area contributed by atoms with Crippen molar-refractivity contribution in [1.29, 1.82) is 0 Å². The summed E-state index contributed by atoms with van der Waals surface area (Å²) >= 11 is 0. The predicted octanol–water partition coefficient (Wildman–Crippen LogP) is 0.719. The van der Waals surface area contributed by atoms with Crippen molar-refractivity contribution in [2.45, 2.75) is 13.0 Å². The van der Waals surface area contributed by atoms with Crippen LogP contribution in [0.25, 0.3) is 0 Å². The van der Waals surface area contributed by atoms with E-state index < -0.39 is 0 Å².